The van der Waals surface area contributed by atoms with E-state index in [1.807, 2.05) is 0 Å². The normalized spacial score (nSPS) is 27.9. The van der Waals surface area contributed by atoms with Gasteiger partial charge in [0, 0.05) is 105 Å². The van der Waals surface area contributed by atoms with Crippen molar-refractivity contribution in [2.75, 3.05) is 79.0 Å². The Labute approximate surface area is 613 Å². The molecule has 4 fully saturated rings. The maximum atomic E-state index is 13.9. The first-order valence-electron chi connectivity index (χ1n) is 37.4. The van der Waals surface area contributed by atoms with Crippen LogP contribution in [0.3, 0.4) is 0 Å². The highest BCUT2D eigenvalue weighted by atomic mass is 16.7. The van der Waals surface area contributed by atoms with Crippen molar-refractivity contribution in [2.24, 2.45) is 0 Å². The molecule has 15 unspecified atom stereocenters. The predicted octanol–water partition coefficient (Wildman–Crippen LogP) is -4.43. The summed E-state index contributed by atoms with van der Waals surface area (Å²) in [6.45, 7) is 2.94. The molecule has 4 aliphatic heterocycles. The van der Waals surface area contributed by atoms with Crippen molar-refractivity contribution in [1.82, 2.24) is 47.9 Å². The van der Waals surface area contributed by atoms with Crippen LogP contribution in [0.25, 0.3) is 0 Å². The molecule has 4 aliphatic rings. The van der Waals surface area contributed by atoms with Gasteiger partial charge in [-0.1, -0.05) is 70.6 Å². The Morgan fingerprint density at radius 1 is 0.438 bits per heavy atom. The lowest BCUT2D eigenvalue weighted by atomic mass is 9.86. The standard InChI is InChI=1S/C69H123N9O27/c1-42(83)74-55-60(92)58(90)50(39-81)104-67(55)100-35-21-12-9-16-29-70-52(87)26-24-45(63(95)71-30-19-11-14-22-36-101-68-56(75-43(2)84)61(93)59(91)51(40-82)105-68)78-54(89)27-25-46(77-53(88)23-15-7-5-4-6-8-17-32-73-65(97)48-37-47(86)49(38-80)103-48)64(96)72-31-18-10-13-20-34-99-66-57(76-44(3)85)62(94)69(98,28-33-79)41-102-66/h45-51,55-62,66-68,79-82,86,90-94,98H,4-41H2,1-3H3,(H,70,87)(H,71,95)(H,72,96)(H,73,97)(H,74,83)(H,75,84)(H,76,85)(H,77,88)(H,78,89)/t45?,46?,47-,48+,49+,50?,51+,55?,56?,57?,58?,59?,60?,61?,62?,66?,67?,68?,69?/m0/s1. The Morgan fingerprint density at radius 3 is 1.27 bits per heavy atom. The number of aliphatic hydroxyl groups is 11. The Hall–Kier alpha value is -5.49. The first-order valence-corrected chi connectivity index (χ1v) is 37.4. The second-order valence-corrected chi connectivity index (χ2v) is 27.6. The molecule has 36 heteroatoms. The van der Waals surface area contributed by atoms with Gasteiger partial charge in [-0.2, -0.15) is 0 Å². The summed E-state index contributed by atoms with van der Waals surface area (Å²) >= 11 is 0. The lowest BCUT2D eigenvalue weighted by Gasteiger charge is -2.45. The Balaban J connectivity index is 1.31. The van der Waals surface area contributed by atoms with E-state index in [4.69, 9.17) is 33.2 Å². The van der Waals surface area contributed by atoms with Gasteiger partial charge in [-0.25, -0.2) is 0 Å². The molecule has 19 atom stereocenters. The highest BCUT2D eigenvalue weighted by Crippen LogP contribution is 2.29. The molecule has 0 radical (unpaired) electrons. The van der Waals surface area contributed by atoms with Crippen LogP contribution in [0, 0.1) is 0 Å². The van der Waals surface area contributed by atoms with Crippen molar-refractivity contribution in [1.29, 1.82) is 0 Å². The Bertz CT molecular complexity index is 2570. The van der Waals surface area contributed by atoms with Gasteiger partial charge >= 0.3 is 0 Å². The van der Waals surface area contributed by atoms with Gasteiger partial charge < -0.3 is 137 Å². The summed E-state index contributed by atoms with van der Waals surface area (Å²) in [7, 11) is 0. The van der Waals surface area contributed by atoms with Crippen LogP contribution >= 0.6 is 0 Å². The molecule has 20 N–H and O–H groups in total. The van der Waals surface area contributed by atoms with Crippen molar-refractivity contribution >= 4 is 53.2 Å². The molecule has 4 saturated heterocycles. The topological polar surface area (TPSA) is 549 Å². The second-order valence-electron chi connectivity index (χ2n) is 27.6. The number of nitrogens with one attached hydrogen (secondary N) is 9. The van der Waals surface area contributed by atoms with E-state index in [2.05, 4.69) is 47.9 Å². The van der Waals surface area contributed by atoms with E-state index >= 15 is 0 Å². The van der Waals surface area contributed by atoms with Crippen molar-refractivity contribution in [3.63, 3.8) is 0 Å². The average molecular weight is 1510 g/mol. The van der Waals surface area contributed by atoms with Gasteiger partial charge in [-0.05, 0) is 64.2 Å². The quantitative estimate of drug-likeness (QED) is 0.0256. The fraction of sp³-hybridized carbons (Fsp3) is 0.870. The molecule has 4 heterocycles. The fourth-order valence-corrected chi connectivity index (χ4v) is 12.7. The molecule has 105 heavy (non-hydrogen) atoms. The van der Waals surface area contributed by atoms with Gasteiger partial charge in [-0.15, -0.1) is 0 Å². The lowest BCUT2D eigenvalue weighted by Crippen LogP contribution is -2.66. The van der Waals surface area contributed by atoms with E-state index in [9.17, 15) is 99.3 Å². The van der Waals surface area contributed by atoms with Gasteiger partial charge in [-0.3, -0.25) is 43.2 Å². The zero-order valence-electron chi connectivity index (χ0n) is 61.2. The largest absolute Gasteiger partial charge is 0.396 e. The van der Waals surface area contributed by atoms with Crippen molar-refractivity contribution in [3.05, 3.63) is 0 Å². The third kappa shape index (κ3) is 33.9. The summed E-state index contributed by atoms with van der Waals surface area (Å²) < 4.78 is 39.7. The number of hydrogen-bond donors (Lipinski definition) is 20. The molecule has 36 nitrogen and oxygen atoms in total. The van der Waals surface area contributed by atoms with E-state index in [1.165, 1.54) is 20.8 Å². The maximum Gasteiger partial charge on any atom is 0.249 e. The number of rotatable bonds is 53. The van der Waals surface area contributed by atoms with Gasteiger partial charge in [0.2, 0.25) is 53.2 Å². The summed E-state index contributed by atoms with van der Waals surface area (Å²) in [5, 5.41) is 136. The van der Waals surface area contributed by atoms with Gasteiger partial charge in [0.1, 0.15) is 90.7 Å². The van der Waals surface area contributed by atoms with Crippen molar-refractivity contribution in [3.8, 4) is 0 Å². The number of hydrogen-bond acceptors (Lipinski definition) is 27. The predicted molar refractivity (Wildman–Crippen MR) is 372 cm³/mol. The van der Waals surface area contributed by atoms with Crippen LogP contribution in [0.5, 0.6) is 0 Å². The molecule has 606 valence electrons. The number of carbonyl (C=O) groups is 9. The number of ether oxygens (including phenoxy) is 7. The van der Waals surface area contributed by atoms with Crippen LogP contribution in [0.2, 0.25) is 0 Å². The third-order valence-electron chi connectivity index (χ3n) is 18.8. The minimum atomic E-state index is -1.80. The molecule has 0 aromatic heterocycles. The first kappa shape index (κ1) is 91.9. The number of carbonyl (C=O) groups excluding carboxylic acids is 9. The first-order chi connectivity index (χ1) is 50.3. The molecular weight excluding hydrogens is 1390 g/mol. The zero-order chi connectivity index (χ0) is 77.3. The monoisotopic (exact) mass is 1510 g/mol. The van der Waals surface area contributed by atoms with Crippen molar-refractivity contribution in [2.45, 2.75) is 303 Å². The summed E-state index contributed by atoms with van der Waals surface area (Å²) in [4.78, 5) is 116. The van der Waals surface area contributed by atoms with E-state index in [0.717, 1.165) is 38.5 Å². The van der Waals surface area contributed by atoms with E-state index < -0.39 is 183 Å². The summed E-state index contributed by atoms with van der Waals surface area (Å²) in [5.41, 5.74) is -1.80. The zero-order valence-corrected chi connectivity index (χ0v) is 61.2. The molecule has 0 aromatic carbocycles. The van der Waals surface area contributed by atoms with Crippen molar-refractivity contribution < 1.29 is 132 Å². The minimum Gasteiger partial charge on any atom is -0.396 e. The van der Waals surface area contributed by atoms with Gasteiger partial charge in [0.25, 0.3) is 0 Å². The number of amides is 9. The van der Waals surface area contributed by atoms with E-state index in [-0.39, 0.29) is 104 Å². The summed E-state index contributed by atoms with van der Waals surface area (Å²) in [6.07, 6.45) is -3.88. The summed E-state index contributed by atoms with van der Waals surface area (Å²) in [5.74, 6) is -4.36. The number of aliphatic hydroxyl groups excluding tert-OH is 10. The molecule has 0 saturated carbocycles. The van der Waals surface area contributed by atoms with Crippen LogP contribution in [-0.4, -0.2) is 304 Å². The third-order valence-corrected chi connectivity index (χ3v) is 18.8. The van der Waals surface area contributed by atoms with Crippen LogP contribution in [-0.2, 0) is 76.3 Å². The van der Waals surface area contributed by atoms with Gasteiger partial charge in [0.15, 0.2) is 18.9 Å². The molecule has 0 aromatic rings. The smallest absolute Gasteiger partial charge is 0.249 e. The maximum absolute atomic E-state index is 13.9. The SMILES string of the molecule is CC(=O)NC1C(OCCCCCCNC(=O)CCC(NC(=O)CCC(NC(=O)CCCCCCCCCNC(=O)[C@H]2C[C@H](O)[C@@H](CO)O2)C(=O)NCCCCCCOC2OCC(O)(CCO)C(O)C2NC(C)=O)C(=O)NCCCCCCOC2O[C@H](CO)C(O)C(O)C2NC(C)=O)OC(CO)C(O)C1O. The van der Waals surface area contributed by atoms with Gasteiger partial charge in [0.05, 0.1) is 32.5 Å². The molecular formula is C69H123N9O27. The minimum absolute atomic E-state index is 0.0930. The van der Waals surface area contributed by atoms with Crippen LogP contribution in [0.4, 0.5) is 0 Å². The highest BCUT2D eigenvalue weighted by molar-refractivity contribution is 5.90. The number of unbranched alkanes of at least 4 members (excludes halogenated alkanes) is 15. The van der Waals surface area contributed by atoms with Crippen LogP contribution in [0.15, 0.2) is 0 Å². The molecule has 0 bridgehead atoms. The second kappa shape index (κ2) is 51.0. The average Bonchev–Trinajstić information content (AvgIpc) is 1.40. The fourth-order valence-electron chi connectivity index (χ4n) is 12.7. The molecule has 4 rings (SSSR count). The summed E-state index contributed by atoms with van der Waals surface area (Å²) in [6, 6.07) is -5.63. The lowest BCUT2D eigenvalue weighted by molar-refractivity contribution is -0.270. The molecule has 0 aliphatic carbocycles. The van der Waals surface area contributed by atoms with Crippen LogP contribution in [0.1, 0.15) is 188 Å². The Morgan fingerprint density at radius 2 is 0.829 bits per heavy atom. The van der Waals surface area contributed by atoms with E-state index in [0.29, 0.717) is 90.0 Å². The molecule has 9 amide bonds. The molecule has 0 spiro atoms. The van der Waals surface area contributed by atoms with E-state index in [1.54, 1.807) is 0 Å². The van der Waals surface area contributed by atoms with Crippen LogP contribution < -0.4 is 47.9 Å². The Kier molecular flexibility index (Phi) is 44.6. The highest BCUT2D eigenvalue weighted by Gasteiger charge is 2.50.